The molecule has 49 heavy (non-hydrogen) atoms. The summed E-state index contributed by atoms with van der Waals surface area (Å²) in [5, 5.41) is 3.23. The maximum Gasteiger partial charge on any atom is 1.00 e. The van der Waals surface area contributed by atoms with Crippen molar-refractivity contribution in [2.24, 2.45) is 0 Å². The normalized spacial score (nSPS) is 12.4. The Hall–Kier alpha value is -0.920. The number of benzene rings is 3. The fourth-order valence-electron chi connectivity index (χ4n) is 4.52. The van der Waals surface area contributed by atoms with Crippen LogP contribution in [0.15, 0.2) is 57.2 Å². The van der Waals surface area contributed by atoms with Crippen LogP contribution in [-0.2, 0) is 30.4 Å². The minimum absolute atomic E-state index is 0. The molecule has 0 atom stereocenters. The third kappa shape index (κ3) is 8.83. The number of carbonyl (C=O) groups excluding carboxylic acids is 2. The molecule has 0 amide bonds. The summed E-state index contributed by atoms with van der Waals surface area (Å²) in [4.78, 5) is 30.4. The number of nitrogen functional groups attached to an aromatic ring is 1. The molecule has 1 aliphatic carbocycles. The summed E-state index contributed by atoms with van der Waals surface area (Å²) in [6, 6.07) is 6.54. The number of halogens is 3. The van der Waals surface area contributed by atoms with Crippen LogP contribution in [0.1, 0.15) is 31.8 Å². The van der Waals surface area contributed by atoms with Gasteiger partial charge in [0.15, 0.2) is 22.5 Å². The predicted molar refractivity (Wildman–Crippen MR) is 158 cm³/mol. The second-order valence-electron chi connectivity index (χ2n) is 9.19. The number of fused-ring (bicyclic) bond motifs is 2. The van der Waals surface area contributed by atoms with E-state index in [9.17, 15) is 48.5 Å². The molecule has 240 valence electrons. The van der Waals surface area contributed by atoms with Gasteiger partial charge in [0.25, 0.3) is 0 Å². The SMILES string of the molecule is Nc1c(S(=O)(=O)[O-])cc(Nc2cc(Nc3nc(Cl)nc(Cl)c3Cl)c(S(=O)(=O)[O-])cc2S(=O)(=O)[O-])c2c1C(=O)c1ccccc1C2=O.[Na+].[Na+].[Na+]. The molecule has 1 aliphatic rings. The number of anilines is 5. The van der Waals surface area contributed by atoms with Gasteiger partial charge in [-0.05, 0) is 29.8 Å². The first-order chi connectivity index (χ1) is 21.2. The minimum Gasteiger partial charge on any atom is -0.744 e. The molecule has 4 N–H and O–H groups in total. The fraction of sp³-hybridized carbons (Fsp3) is 0. The van der Waals surface area contributed by atoms with Gasteiger partial charge >= 0.3 is 88.7 Å². The molecule has 4 aromatic rings. The van der Waals surface area contributed by atoms with E-state index in [4.69, 9.17) is 40.5 Å². The van der Waals surface area contributed by atoms with Crippen LogP contribution >= 0.6 is 34.8 Å². The van der Waals surface area contributed by atoms with Crippen molar-refractivity contribution in [1.29, 1.82) is 0 Å². The fourth-order valence-corrected chi connectivity index (χ4v) is 7.02. The number of nitrogens with two attached hydrogens (primary N) is 1. The second kappa shape index (κ2) is 16.0. The van der Waals surface area contributed by atoms with Crippen LogP contribution in [-0.4, -0.2) is 60.4 Å². The number of aromatic nitrogens is 2. The Bertz CT molecular complexity index is 2400. The van der Waals surface area contributed by atoms with Crippen LogP contribution in [0.2, 0.25) is 15.5 Å². The minimum atomic E-state index is -5.68. The van der Waals surface area contributed by atoms with Gasteiger partial charge in [-0.1, -0.05) is 47.5 Å². The summed E-state index contributed by atoms with van der Waals surface area (Å²) in [7, 11) is -16.7. The molecular weight excluding hydrogens is 806 g/mol. The van der Waals surface area contributed by atoms with Gasteiger partial charge in [0, 0.05) is 11.1 Å². The molecule has 1 heterocycles. The number of hydrogen-bond acceptors (Lipinski definition) is 16. The largest absolute Gasteiger partial charge is 1.00 e. The van der Waals surface area contributed by atoms with E-state index < -0.39 is 112 Å². The molecular formula is C24H11Cl3N5Na3O11S3. The molecule has 0 fully saturated rings. The van der Waals surface area contributed by atoms with Gasteiger partial charge < -0.3 is 30.0 Å². The number of nitrogens with zero attached hydrogens (tertiary/aromatic N) is 2. The zero-order valence-corrected chi connectivity index (χ0v) is 35.6. The van der Waals surface area contributed by atoms with E-state index in [0.717, 1.165) is 0 Å². The van der Waals surface area contributed by atoms with Crippen LogP contribution in [0.5, 0.6) is 0 Å². The first-order valence-electron chi connectivity index (χ1n) is 11.8. The van der Waals surface area contributed by atoms with E-state index in [2.05, 4.69) is 20.6 Å². The molecule has 0 bridgehead atoms. The van der Waals surface area contributed by atoms with Gasteiger partial charge in [0.2, 0.25) is 5.28 Å². The zero-order valence-electron chi connectivity index (χ0n) is 24.9. The molecule has 3 aromatic carbocycles. The number of hydrogen-bond donors (Lipinski definition) is 3. The van der Waals surface area contributed by atoms with Crippen molar-refractivity contribution in [1.82, 2.24) is 9.97 Å². The van der Waals surface area contributed by atoms with Crippen molar-refractivity contribution < 1.29 is 137 Å². The van der Waals surface area contributed by atoms with Crippen LogP contribution in [0, 0.1) is 0 Å². The van der Waals surface area contributed by atoms with Gasteiger partial charge in [-0.2, -0.15) is 4.98 Å². The third-order valence-electron chi connectivity index (χ3n) is 6.40. The Labute approximate surface area is 359 Å². The molecule has 1 aromatic heterocycles. The summed E-state index contributed by atoms with van der Waals surface area (Å²) < 4.78 is 110. The average molecular weight is 817 g/mol. The Kier molecular flexibility index (Phi) is 14.4. The van der Waals surface area contributed by atoms with Gasteiger partial charge in [-0.15, -0.1) is 0 Å². The number of rotatable bonds is 7. The first-order valence-corrected chi connectivity index (χ1v) is 17.2. The molecule has 0 saturated heterocycles. The smallest absolute Gasteiger partial charge is 0.744 e. The average Bonchev–Trinajstić information content (AvgIpc) is 2.93. The van der Waals surface area contributed by atoms with Crippen molar-refractivity contribution in [3.8, 4) is 0 Å². The summed E-state index contributed by atoms with van der Waals surface area (Å²) >= 11 is 17.7. The van der Waals surface area contributed by atoms with Gasteiger partial charge in [0.1, 0.15) is 35.4 Å². The van der Waals surface area contributed by atoms with E-state index in [1.54, 1.807) is 0 Å². The Morgan fingerprint density at radius 1 is 0.633 bits per heavy atom. The van der Waals surface area contributed by atoms with Gasteiger partial charge in [0.05, 0.1) is 48.6 Å². The second-order valence-corrected chi connectivity index (χ2v) is 14.3. The first kappa shape index (κ1) is 44.2. The molecule has 0 saturated carbocycles. The Morgan fingerprint density at radius 2 is 1.10 bits per heavy atom. The quantitative estimate of drug-likeness (QED) is 0.0453. The number of carbonyl (C=O) groups is 2. The van der Waals surface area contributed by atoms with Crippen LogP contribution in [0.3, 0.4) is 0 Å². The van der Waals surface area contributed by atoms with Gasteiger partial charge in [-0.25, -0.2) is 30.2 Å². The molecule has 25 heteroatoms. The maximum absolute atomic E-state index is 13.6. The van der Waals surface area contributed by atoms with E-state index in [-0.39, 0.29) is 106 Å². The van der Waals surface area contributed by atoms with E-state index in [1.165, 1.54) is 24.3 Å². The topological polar surface area (TPSA) is 282 Å². The van der Waals surface area contributed by atoms with Crippen molar-refractivity contribution in [3.05, 3.63) is 80.2 Å². The molecule has 0 spiro atoms. The number of nitrogens with one attached hydrogen (secondary N) is 2. The molecule has 5 rings (SSSR count). The predicted octanol–water partition coefficient (Wildman–Crippen LogP) is -5.99. The van der Waals surface area contributed by atoms with Crippen molar-refractivity contribution >= 4 is 105 Å². The molecule has 0 radical (unpaired) electrons. The molecule has 0 unspecified atom stereocenters. The zero-order chi connectivity index (χ0) is 34.1. The number of ketones is 2. The summed E-state index contributed by atoms with van der Waals surface area (Å²) in [6.07, 6.45) is 0. The summed E-state index contributed by atoms with van der Waals surface area (Å²) in [5.41, 5.74) is 0.883. The maximum atomic E-state index is 13.6. The van der Waals surface area contributed by atoms with Crippen LogP contribution < -0.4 is 105 Å². The van der Waals surface area contributed by atoms with Crippen molar-refractivity contribution in [2.45, 2.75) is 14.7 Å². The van der Waals surface area contributed by atoms with E-state index in [1.807, 2.05) is 0 Å². The van der Waals surface area contributed by atoms with Crippen LogP contribution in [0.4, 0.5) is 28.6 Å². The van der Waals surface area contributed by atoms with Gasteiger partial charge in [-0.3, -0.25) is 9.59 Å². The molecule has 0 aliphatic heterocycles. The van der Waals surface area contributed by atoms with E-state index in [0.29, 0.717) is 12.1 Å². The third-order valence-corrected chi connectivity index (χ3v) is 9.92. The molecule has 16 nitrogen and oxygen atoms in total. The monoisotopic (exact) mass is 815 g/mol. The summed E-state index contributed by atoms with van der Waals surface area (Å²) in [6.45, 7) is 0. The summed E-state index contributed by atoms with van der Waals surface area (Å²) in [5.74, 6) is -2.41. The van der Waals surface area contributed by atoms with E-state index >= 15 is 0 Å². The Morgan fingerprint density at radius 3 is 1.59 bits per heavy atom. The van der Waals surface area contributed by atoms with Crippen molar-refractivity contribution in [3.63, 3.8) is 0 Å². The van der Waals surface area contributed by atoms with Crippen LogP contribution in [0.25, 0.3) is 0 Å². The standard InChI is InChI=1S/C24H14Cl3N5O11S3.3Na/c25-18-22(26)31-24(27)32-23(18)30-11-5-10(13(44(35,36)37)7-14(11)45(38,39)40)29-12-6-15(46(41,42)43)19(28)17-16(12)20(33)8-3-1-2-4-9(8)21(17)34;;;/h1-7,29H,28H2,(H,30,31,32)(H,35,36,37)(H,38,39,40)(H,41,42,43);;;/q;3*+1/p-3. The van der Waals surface area contributed by atoms with Crippen molar-refractivity contribution in [2.75, 3.05) is 16.4 Å². The Balaban J connectivity index is 0.00000278.